The maximum absolute atomic E-state index is 4.31. The summed E-state index contributed by atoms with van der Waals surface area (Å²) in [5.74, 6) is 0.566. The highest BCUT2D eigenvalue weighted by Gasteiger charge is 2.08. The summed E-state index contributed by atoms with van der Waals surface area (Å²) in [4.78, 5) is 7.69. The van der Waals surface area contributed by atoms with Crippen LogP contribution >= 0.6 is 27.3 Å². The van der Waals surface area contributed by atoms with Gasteiger partial charge in [-0.1, -0.05) is 22.9 Å². The lowest BCUT2D eigenvalue weighted by molar-refractivity contribution is 0.907. The van der Waals surface area contributed by atoms with Gasteiger partial charge >= 0.3 is 0 Å². The zero-order valence-corrected chi connectivity index (χ0v) is 9.94. The third-order valence-corrected chi connectivity index (χ3v) is 3.98. The van der Waals surface area contributed by atoms with Gasteiger partial charge in [0.25, 0.3) is 0 Å². The van der Waals surface area contributed by atoms with Gasteiger partial charge in [-0.3, -0.25) is 0 Å². The van der Waals surface area contributed by atoms with Crippen LogP contribution in [-0.2, 0) is 0 Å². The van der Waals surface area contributed by atoms with Crippen molar-refractivity contribution in [1.82, 2.24) is 4.98 Å². The average molecular weight is 249 g/mol. The Labute approximate surface area is 85.7 Å². The first kappa shape index (κ1) is 9.99. The second-order valence-electron chi connectivity index (χ2n) is 2.99. The molecule has 0 bridgehead atoms. The van der Waals surface area contributed by atoms with Crippen LogP contribution in [0.15, 0.2) is 6.20 Å². The molecule has 0 spiro atoms. The highest BCUT2D eigenvalue weighted by atomic mass is 79.9. The van der Waals surface area contributed by atoms with E-state index in [9.17, 15) is 0 Å². The summed E-state index contributed by atoms with van der Waals surface area (Å²) in [5, 5.41) is 2.08. The summed E-state index contributed by atoms with van der Waals surface area (Å²) < 4.78 is 0. The van der Waals surface area contributed by atoms with E-state index in [0.717, 1.165) is 10.5 Å². The van der Waals surface area contributed by atoms with Crippen molar-refractivity contribution in [2.75, 3.05) is 24.3 Å². The third kappa shape index (κ3) is 2.20. The number of hydrogen-bond acceptors (Lipinski definition) is 3. The lowest BCUT2D eigenvalue weighted by atomic mass is 10.2. The first-order chi connectivity index (χ1) is 5.65. The zero-order valence-electron chi connectivity index (χ0n) is 7.54. The van der Waals surface area contributed by atoms with E-state index in [0.29, 0.717) is 5.92 Å². The SMILES string of the molecule is CC(CBr)c1cnc(N(C)C)s1. The molecule has 0 aromatic carbocycles. The molecule has 0 aliphatic carbocycles. The van der Waals surface area contributed by atoms with E-state index in [-0.39, 0.29) is 0 Å². The van der Waals surface area contributed by atoms with Crippen LogP contribution in [0.5, 0.6) is 0 Å². The Morgan fingerprint density at radius 3 is 2.75 bits per heavy atom. The van der Waals surface area contributed by atoms with Crippen LogP contribution in [0.3, 0.4) is 0 Å². The van der Waals surface area contributed by atoms with E-state index in [1.165, 1.54) is 4.88 Å². The fourth-order valence-electron chi connectivity index (χ4n) is 0.788. The van der Waals surface area contributed by atoms with Gasteiger partial charge in [0.2, 0.25) is 0 Å². The maximum atomic E-state index is 4.31. The van der Waals surface area contributed by atoms with Crippen LogP contribution in [0, 0.1) is 0 Å². The van der Waals surface area contributed by atoms with Gasteiger partial charge in [0.15, 0.2) is 5.13 Å². The number of halogens is 1. The van der Waals surface area contributed by atoms with Crippen LogP contribution < -0.4 is 4.90 Å². The summed E-state index contributed by atoms with van der Waals surface area (Å²) in [7, 11) is 4.03. The lowest BCUT2D eigenvalue weighted by Gasteiger charge is -2.06. The number of anilines is 1. The van der Waals surface area contributed by atoms with E-state index < -0.39 is 0 Å². The Hall–Kier alpha value is -0.0900. The Bertz CT molecular complexity index is 247. The molecule has 2 nitrogen and oxygen atoms in total. The van der Waals surface area contributed by atoms with Crippen molar-refractivity contribution in [2.45, 2.75) is 12.8 Å². The van der Waals surface area contributed by atoms with Gasteiger partial charge in [0.05, 0.1) is 0 Å². The highest BCUT2D eigenvalue weighted by Crippen LogP contribution is 2.27. The van der Waals surface area contributed by atoms with Crippen molar-refractivity contribution in [3.05, 3.63) is 11.1 Å². The van der Waals surface area contributed by atoms with Gasteiger partial charge in [-0.15, -0.1) is 11.3 Å². The Balaban J connectivity index is 2.77. The maximum Gasteiger partial charge on any atom is 0.184 e. The van der Waals surface area contributed by atoms with E-state index in [1.807, 2.05) is 25.2 Å². The zero-order chi connectivity index (χ0) is 9.14. The summed E-state index contributed by atoms with van der Waals surface area (Å²) >= 11 is 5.22. The molecule has 12 heavy (non-hydrogen) atoms. The normalized spacial score (nSPS) is 13.0. The quantitative estimate of drug-likeness (QED) is 0.766. The molecule has 0 N–H and O–H groups in total. The summed E-state index contributed by atoms with van der Waals surface area (Å²) in [6.45, 7) is 2.20. The summed E-state index contributed by atoms with van der Waals surface area (Å²) in [5.41, 5.74) is 0. The van der Waals surface area contributed by atoms with Crippen molar-refractivity contribution < 1.29 is 0 Å². The molecule has 0 amide bonds. The number of alkyl halides is 1. The molecule has 0 aliphatic heterocycles. The third-order valence-electron chi connectivity index (χ3n) is 1.61. The summed E-state index contributed by atoms with van der Waals surface area (Å²) in [6, 6.07) is 0. The Morgan fingerprint density at radius 1 is 1.67 bits per heavy atom. The molecule has 0 radical (unpaired) electrons. The van der Waals surface area contributed by atoms with E-state index in [2.05, 4.69) is 27.8 Å². The molecule has 0 saturated carbocycles. The lowest BCUT2D eigenvalue weighted by Crippen LogP contribution is -2.07. The summed E-state index contributed by atoms with van der Waals surface area (Å²) in [6.07, 6.45) is 1.96. The van der Waals surface area contributed by atoms with E-state index >= 15 is 0 Å². The first-order valence-corrected chi connectivity index (χ1v) is 5.78. The molecule has 1 heterocycles. The monoisotopic (exact) mass is 248 g/mol. The fraction of sp³-hybridized carbons (Fsp3) is 0.625. The molecule has 0 saturated heterocycles. The van der Waals surface area contributed by atoms with E-state index in [1.54, 1.807) is 11.3 Å². The van der Waals surface area contributed by atoms with Gasteiger partial charge in [0, 0.05) is 36.4 Å². The molecule has 1 aromatic rings. The standard InChI is InChI=1S/C8H13BrN2S/c1-6(4-9)7-5-10-8(12-7)11(2)3/h5-6H,4H2,1-3H3. The average Bonchev–Trinajstić information content (AvgIpc) is 2.51. The Morgan fingerprint density at radius 2 is 2.33 bits per heavy atom. The molecule has 0 fully saturated rings. The first-order valence-electron chi connectivity index (χ1n) is 3.84. The second kappa shape index (κ2) is 4.23. The van der Waals surface area contributed by atoms with Gasteiger partial charge < -0.3 is 4.90 Å². The predicted molar refractivity (Wildman–Crippen MR) is 58.7 cm³/mol. The molecule has 68 valence electrons. The number of thiazole rings is 1. The van der Waals surface area contributed by atoms with Crippen LogP contribution in [0.2, 0.25) is 0 Å². The smallest absolute Gasteiger partial charge is 0.184 e. The minimum atomic E-state index is 0.566. The van der Waals surface area contributed by atoms with Gasteiger partial charge in [0.1, 0.15) is 0 Å². The number of hydrogen-bond donors (Lipinski definition) is 0. The fourth-order valence-corrected chi connectivity index (χ4v) is 2.24. The minimum absolute atomic E-state index is 0.566. The number of nitrogens with zero attached hydrogens (tertiary/aromatic N) is 2. The molecule has 1 atom stereocenters. The molecule has 1 unspecified atom stereocenters. The van der Waals surface area contributed by atoms with Crippen molar-refractivity contribution in [1.29, 1.82) is 0 Å². The van der Waals surface area contributed by atoms with Crippen molar-refractivity contribution >= 4 is 32.4 Å². The van der Waals surface area contributed by atoms with E-state index in [4.69, 9.17) is 0 Å². The molecule has 1 rings (SSSR count). The van der Waals surface area contributed by atoms with Crippen molar-refractivity contribution in [2.24, 2.45) is 0 Å². The van der Waals surface area contributed by atoms with Gasteiger partial charge in [-0.2, -0.15) is 0 Å². The van der Waals surface area contributed by atoms with Crippen molar-refractivity contribution in [3.63, 3.8) is 0 Å². The highest BCUT2D eigenvalue weighted by molar-refractivity contribution is 9.09. The van der Waals surface area contributed by atoms with Crippen LogP contribution in [-0.4, -0.2) is 24.4 Å². The molecule has 0 aliphatic rings. The van der Waals surface area contributed by atoms with Gasteiger partial charge in [-0.25, -0.2) is 4.98 Å². The molecule has 4 heteroatoms. The topological polar surface area (TPSA) is 16.1 Å². The molecular weight excluding hydrogens is 236 g/mol. The van der Waals surface area contributed by atoms with Gasteiger partial charge in [-0.05, 0) is 0 Å². The largest absolute Gasteiger partial charge is 0.354 e. The second-order valence-corrected chi connectivity index (χ2v) is 4.68. The number of rotatable bonds is 3. The van der Waals surface area contributed by atoms with Crippen LogP contribution in [0.1, 0.15) is 17.7 Å². The van der Waals surface area contributed by atoms with Crippen molar-refractivity contribution in [3.8, 4) is 0 Å². The van der Waals surface area contributed by atoms with Crippen LogP contribution in [0.25, 0.3) is 0 Å². The Kier molecular flexibility index (Phi) is 3.53. The predicted octanol–water partition coefficient (Wildman–Crippen LogP) is 2.71. The number of aromatic nitrogens is 1. The molecular formula is C8H13BrN2S. The van der Waals surface area contributed by atoms with Crippen LogP contribution in [0.4, 0.5) is 5.13 Å². The molecule has 1 aromatic heterocycles. The minimum Gasteiger partial charge on any atom is -0.354 e.